The molecule has 2 heterocycles. The monoisotopic (exact) mass is 409 g/mol. The normalized spacial score (nSPS) is 14.2. The molecule has 1 aliphatic rings. The molecule has 4 aromatic rings. The summed E-state index contributed by atoms with van der Waals surface area (Å²) in [5.41, 5.74) is 2.80. The van der Waals surface area contributed by atoms with Crippen LogP contribution in [0.4, 0.5) is 5.69 Å². The van der Waals surface area contributed by atoms with Crippen molar-refractivity contribution in [1.82, 2.24) is 9.88 Å². The number of amides is 3. The predicted molar refractivity (Wildman–Crippen MR) is 119 cm³/mol. The molecule has 0 saturated heterocycles. The highest BCUT2D eigenvalue weighted by Crippen LogP contribution is 2.30. The Balaban J connectivity index is 1.50. The van der Waals surface area contributed by atoms with Gasteiger partial charge in [-0.1, -0.05) is 48.5 Å². The van der Waals surface area contributed by atoms with Crippen LogP contribution in [0, 0.1) is 6.92 Å². The zero-order valence-corrected chi connectivity index (χ0v) is 17.0. The fourth-order valence-corrected chi connectivity index (χ4v) is 4.11. The molecule has 31 heavy (non-hydrogen) atoms. The number of pyridine rings is 1. The molecule has 6 heteroatoms. The van der Waals surface area contributed by atoms with E-state index in [1.165, 1.54) is 0 Å². The van der Waals surface area contributed by atoms with Crippen molar-refractivity contribution >= 4 is 45.1 Å². The highest BCUT2D eigenvalue weighted by Gasteiger charge is 2.40. The number of benzene rings is 3. The highest BCUT2D eigenvalue weighted by molar-refractivity contribution is 6.23. The molecule has 1 aliphatic heterocycles. The molecular formula is C25H19N3O3. The number of hydrogen-bond acceptors (Lipinski definition) is 4. The summed E-state index contributed by atoms with van der Waals surface area (Å²) in [5, 5.41) is 5.76. The second-order valence-electron chi connectivity index (χ2n) is 7.69. The molecule has 3 amide bonds. The summed E-state index contributed by atoms with van der Waals surface area (Å²) in [6.07, 6.45) is 0. The minimum atomic E-state index is -0.962. The van der Waals surface area contributed by atoms with E-state index in [1.54, 1.807) is 37.3 Å². The first-order valence-corrected chi connectivity index (χ1v) is 10.0. The fourth-order valence-electron chi connectivity index (χ4n) is 4.11. The van der Waals surface area contributed by atoms with Gasteiger partial charge in [-0.3, -0.25) is 24.3 Å². The number of nitrogens with one attached hydrogen (secondary N) is 1. The maximum atomic E-state index is 13.1. The molecule has 1 aromatic heterocycles. The zero-order valence-electron chi connectivity index (χ0n) is 17.0. The lowest BCUT2D eigenvalue weighted by Crippen LogP contribution is -2.45. The third-order valence-electron chi connectivity index (χ3n) is 5.68. The Bertz CT molecular complexity index is 1380. The number of rotatable bonds is 3. The average molecular weight is 409 g/mol. The van der Waals surface area contributed by atoms with E-state index >= 15 is 0 Å². The van der Waals surface area contributed by atoms with E-state index in [9.17, 15) is 14.4 Å². The summed E-state index contributed by atoms with van der Waals surface area (Å²) >= 11 is 0. The molecule has 1 atom stereocenters. The molecule has 0 spiro atoms. The van der Waals surface area contributed by atoms with Crippen molar-refractivity contribution < 1.29 is 14.4 Å². The SMILES string of the molecule is Cc1cc(NC(=O)[C@H](C)N2C(=O)c3ccccc3C2=O)c2ccc3ccccc3c2n1. The number of fused-ring (bicyclic) bond motifs is 4. The lowest BCUT2D eigenvalue weighted by atomic mass is 10.0. The van der Waals surface area contributed by atoms with Crippen LogP contribution in [0.1, 0.15) is 33.3 Å². The Morgan fingerprint density at radius 1 is 0.903 bits per heavy atom. The van der Waals surface area contributed by atoms with Crippen molar-refractivity contribution in [1.29, 1.82) is 0 Å². The van der Waals surface area contributed by atoms with Crippen LogP contribution in [-0.4, -0.2) is 33.6 Å². The van der Waals surface area contributed by atoms with E-state index < -0.39 is 23.8 Å². The van der Waals surface area contributed by atoms with Crippen LogP contribution in [0.5, 0.6) is 0 Å². The third kappa shape index (κ3) is 2.95. The van der Waals surface area contributed by atoms with E-state index in [1.807, 2.05) is 43.3 Å². The molecular weight excluding hydrogens is 390 g/mol. The molecule has 5 rings (SSSR count). The van der Waals surface area contributed by atoms with Crippen molar-refractivity contribution in [3.8, 4) is 0 Å². The number of hydrogen-bond donors (Lipinski definition) is 1. The summed E-state index contributed by atoms with van der Waals surface area (Å²) in [6, 6.07) is 19.3. The average Bonchev–Trinajstić information content (AvgIpc) is 3.03. The molecule has 152 valence electrons. The van der Waals surface area contributed by atoms with E-state index in [2.05, 4.69) is 10.3 Å². The van der Waals surface area contributed by atoms with Gasteiger partial charge in [-0.05, 0) is 37.4 Å². The van der Waals surface area contributed by atoms with E-state index in [-0.39, 0.29) is 0 Å². The maximum Gasteiger partial charge on any atom is 0.262 e. The Labute approximate surface area is 178 Å². The summed E-state index contributed by atoms with van der Waals surface area (Å²) in [7, 11) is 0. The van der Waals surface area contributed by atoms with Crippen LogP contribution in [0.3, 0.4) is 0 Å². The molecule has 1 N–H and O–H groups in total. The van der Waals surface area contributed by atoms with Gasteiger partial charge in [-0.2, -0.15) is 0 Å². The Morgan fingerprint density at radius 3 is 2.26 bits per heavy atom. The molecule has 0 fully saturated rings. The number of carbonyl (C=O) groups excluding carboxylic acids is 3. The van der Waals surface area contributed by atoms with Crippen molar-refractivity contribution in [2.45, 2.75) is 19.9 Å². The molecule has 0 saturated carbocycles. The molecule has 0 aliphatic carbocycles. The third-order valence-corrected chi connectivity index (χ3v) is 5.68. The first-order valence-electron chi connectivity index (χ1n) is 10.0. The van der Waals surface area contributed by atoms with Crippen molar-refractivity contribution in [3.63, 3.8) is 0 Å². The standard InChI is InChI=1S/C25H19N3O3/c1-14-13-21(20-12-11-16-7-3-4-8-17(16)22(20)26-14)27-23(29)15(2)28-24(30)18-9-5-6-10-19(18)25(28)31/h3-13,15H,1-2H3,(H,26,27,29)/t15-/m0/s1. The lowest BCUT2D eigenvalue weighted by molar-refractivity contribution is -0.119. The van der Waals surface area contributed by atoms with Crippen LogP contribution in [0.25, 0.3) is 21.7 Å². The number of nitrogens with zero attached hydrogens (tertiary/aromatic N) is 2. The summed E-state index contributed by atoms with van der Waals surface area (Å²) in [4.78, 5) is 44.2. The topological polar surface area (TPSA) is 79.4 Å². The highest BCUT2D eigenvalue weighted by atomic mass is 16.2. The predicted octanol–water partition coefficient (Wildman–Crippen LogP) is 4.32. The molecule has 0 unspecified atom stereocenters. The second kappa shape index (κ2) is 7.02. The van der Waals surface area contributed by atoms with E-state index in [0.717, 1.165) is 32.3 Å². The Kier molecular flexibility index (Phi) is 4.29. The van der Waals surface area contributed by atoms with Crippen molar-refractivity contribution in [2.75, 3.05) is 5.32 Å². The van der Waals surface area contributed by atoms with Crippen LogP contribution in [0.2, 0.25) is 0 Å². The van der Waals surface area contributed by atoms with Gasteiger partial charge < -0.3 is 5.32 Å². The quantitative estimate of drug-likeness (QED) is 0.404. The van der Waals surface area contributed by atoms with Gasteiger partial charge in [0.2, 0.25) is 5.91 Å². The van der Waals surface area contributed by atoms with Crippen LogP contribution >= 0.6 is 0 Å². The van der Waals surface area contributed by atoms with Gasteiger partial charge in [-0.25, -0.2) is 0 Å². The Morgan fingerprint density at radius 2 is 1.55 bits per heavy atom. The van der Waals surface area contributed by atoms with E-state index in [0.29, 0.717) is 16.8 Å². The lowest BCUT2D eigenvalue weighted by Gasteiger charge is -2.22. The first kappa shape index (κ1) is 18.9. The summed E-state index contributed by atoms with van der Waals surface area (Å²) in [6.45, 7) is 3.42. The van der Waals surface area contributed by atoms with Crippen LogP contribution < -0.4 is 5.32 Å². The zero-order chi connectivity index (χ0) is 21.7. The van der Waals surface area contributed by atoms with Crippen molar-refractivity contribution in [3.05, 3.63) is 83.6 Å². The van der Waals surface area contributed by atoms with Gasteiger partial charge in [0.25, 0.3) is 11.8 Å². The summed E-state index contributed by atoms with van der Waals surface area (Å²) < 4.78 is 0. The molecule has 0 radical (unpaired) electrons. The first-order chi connectivity index (χ1) is 15.0. The minimum absolute atomic E-state index is 0.323. The molecule has 6 nitrogen and oxygen atoms in total. The second-order valence-corrected chi connectivity index (χ2v) is 7.69. The van der Waals surface area contributed by atoms with Gasteiger partial charge >= 0.3 is 0 Å². The number of aryl methyl sites for hydroxylation is 1. The van der Waals surface area contributed by atoms with Gasteiger partial charge in [-0.15, -0.1) is 0 Å². The van der Waals surface area contributed by atoms with Crippen molar-refractivity contribution in [2.24, 2.45) is 0 Å². The van der Waals surface area contributed by atoms with Gasteiger partial charge in [0.15, 0.2) is 0 Å². The summed E-state index contributed by atoms with van der Waals surface area (Å²) in [5.74, 6) is -1.34. The van der Waals surface area contributed by atoms with E-state index in [4.69, 9.17) is 0 Å². The maximum absolute atomic E-state index is 13.1. The molecule has 0 bridgehead atoms. The van der Waals surface area contributed by atoms with Crippen LogP contribution in [-0.2, 0) is 4.79 Å². The Hall–Kier alpha value is -4.06. The fraction of sp³-hybridized carbons (Fsp3) is 0.120. The number of carbonyl (C=O) groups is 3. The minimum Gasteiger partial charge on any atom is -0.324 e. The van der Waals surface area contributed by atoms with Crippen LogP contribution in [0.15, 0.2) is 66.7 Å². The molecule has 3 aromatic carbocycles. The van der Waals surface area contributed by atoms with Gasteiger partial charge in [0, 0.05) is 16.5 Å². The number of anilines is 1. The smallest absolute Gasteiger partial charge is 0.262 e. The number of imide groups is 1. The van der Waals surface area contributed by atoms with Gasteiger partial charge in [0.05, 0.1) is 22.3 Å². The number of aromatic nitrogens is 1. The largest absolute Gasteiger partial charge is 0.324 e. The van der Waals surface area contributed by atoms with Gasteiger partial charge in [0.1, 0.15) is 6.04 Å².